The van der Waals surface area contributed by atoms with Crippen molar-refractivity contribution in [2.45, 2.75) is 105 Å². The van der Waals surface area contributed by atoms with Crippen LogP contribution in [0.15, 0.2) is 376 Å². The fraction of sp³-hybridized carbons (Fsp3) is 0.151. The Morgan fingerprint density at radius 3 is 0.732 bits per heavy atom. The van der Waals surface area contributed by atoms with E-state index in [1.165, 1.54) is 102 Å². The summed E-state index contributed by atoms with van der Waals surface area (Å²) in [5.74, 6) is 0. The summed E-state index contributed by atoms with van der Waals surface area (Å²) in [6, 6.07) is 145. The van der Waals surface area contributed by atoms with Gasteiger partial charge >= 0.3 is 0 Å². The second-order valence-electron chi connectivity index (χ2n) is 34.9. The fourth-order valence-electron chi connectivity index (χ4n) is 17.8. The van der Waals surface area contributed by atoms with Crippen LogP contribution in [-0.4, -0.2) is 22.9 Å². The molecule has 0 amide bonds. The molecular formula is C106H98BN3Si2. The van der Waals surface area contributed by atoms with Gasteiger partial charge < -0.3 is 14.7 Å². The van der Waals surface area contributed by atoms with Crippen molar-refractivity contribution in [2.75, 3.05) is 14.7 Å². The van der Waals surface area contributed by atoms with E-state index in [9.17, 15) is 0 Å². The van der Waals surface area contributed by atoms with Gasteiger partial charge in [0, 0.05) is 45.5 Å². The number of anilines is 9. The van der Waals surface area contributed by atoms with Gasteiger partial charge in [-0.05, 0) is 197 Å². The first kappa shape index (κ1) is 73.0. The summed E-state index contributed by atoms with van der Waals surface area (Å²) in [4.78, 5) is 7.77. The van der Waals surface area contributed by atoms with Gasteiger partial charge in [0.2, 0.25) is 0 Å². The Labute approximate surface area is 667 Å². The minimum absolute atomic E-state index is 0.0963. The predicted molar refractivity (Wildman–Crippen MR) is 488 cm³/mol. The second kappa shape index (κ2) is 28.8. The number of benzene rings is 15. The third-order valence-corrected chi connectivity index (χ3v) is 33.3. The van der Waals surface area contributed by atoms with Crippen molar-refractivity contribution in [3.8, 4) is 22.3 Å². The number of hydrogen-bond acceptors (Lipinski definition) is 3. The maximum absolute atomic E-state index is 2.97. The number of fused-ring (bicyclic) bond motifs is 4. The molecule has 112 heavy (non-hydrogen) atoms. The van der Waals surface area contributed by atoms with Crippen LogP contribution < -0.4 is 72.6 Å². The van der Waals surface area contributed by atoms with Gasteiger partial charge in [0.15, 0.2) is 16.1 Å². The topological polar surface area (TPSA) is 9.72 Å². The number of rotatable bonds is 15. The Kier molecular flexibility index (Phi) is 18.8. The molecular weight excluding hydrogens is 1380 g/mol. The van der Waals surface area contributed by atoms with E-state index in [4.69, 9.17) is 0 Å². The average Bonchev–Trinajstić information content (AvgIpc) is 0.695. The molecule has 6 heteroatoms. The molecule has 17 rings (SSSR count). The molecule has 0 saturated heterocycles. The van der Waals surface area contributed by atoms with Crippen molar-refractivity contribution < 1.29 is 0 Å². The maximum Gasteiger partial charge on any atom is 0.252 e. The average molecular weight is 1480 g/mol. The third-order valence-electron chi connectivity index (χ3n) is 23.7. The molecule has 548 valence electrons. The number of nitrogens with zero attached hydrogens (tertiary/aromatic N) is 3. The van der Waals surface area contributed by atoms with Gasteiger partial charge in [0.1, 0.15) is 0 Å². The second-order valence-corrected chi connectivity index (χ2v) is 42.6. The van der Waals surface area contributed by atoms with E-state index in [0.717, 1.165) is 51.2 Å². The van der Waals surface area contributed by atoms with E-state index in [1.807, 2.05) is 0 Å². The molecule has 0 bridgehead atoms. The highest BCUT2D eigenvalue weighted by molar-refractivity contribution is 7.20. The quantitative estimate of drug-likeness (QED) is 0.0748. The minimum atomic E-state index is -2.97. The van der Waals surface area contributed by atoms with E-state index in [2.05, 4.69) is 474 Å². The van der Waals surface area contributed by atoms with Crippen molar-refractivity contribution in [2.24, 2.45) is 0 Å². The molecule has 0 saturated carbocycles. The van der Waals surface area contributed by atoms with Crippen molar-refractivity contribution in [3.63, 3.8) is 0 Å². The molecule has 15 aromatic carbocycles. The SMILES string of the molecule is CC(C)(C)c1cc(-c2ccc3c(c2)N(c2ccc([Si](c4ccccc4)(c4ccccc4)c4ccccc4)cc2)c2cc(N(c4ccccc4)c4ccccc4)cc4c2B3c2ccc(-c3cc(C(C)(C)C)cc(C(C)(C)C)c3)cc2N4c2ccc([Si](c3ccccc3)(c3ccccc3)c3ccccc3)cc2)cc(C(C)(C)C)c1. The Morgan fingerprint density at radius 2 is 0.473 bits per heavy atom. The van der Waals surface area contributed by atoms with Crippen molar-refractivity contribution in [1.82, 2.24) is 0 Å². The lowest BCUT2D eigenvalue weighted by atomic mass is 9.33. The largest absolute Gasteiger partial charge is 0.311 e. The summed E-state index contributed by atoms with van der Waals surface area (Å²) >= 11 is 0. The summed E-state index contributed by atoms with van der Waals surface area (Å²) in [5, 5.41) is 10.7. The molecule has 2 aliphatic heterocycles. The molecule has 0 atom stereocenters. The normalized spacial score (nSPS) is 12.9. The monoisotopic (exact) mass is 1480 g/mol. The standard InChI is InChI=1S/C106H98BN3Si2/c1-103(2,3)79-65-77(66-80(71-79)104(4,5)6)75-53-63-96-98(69-75)109(85-55-59-94(60-56-85)111(88-41-25-15-26-42-88,89-43-27-16-28-44-89)90-45-29-17-30-46-90)100-73-87(108(83-37-21-13-22-38-83)84-39-23-14-24-40-84)74-101-102(100)107(96)97-64-54-76(78-67-81(105(7,8)9)72-82(68-78)106(10,11)12)70-99(97)110(101)86-57-61-95(62-58-86)112(91-47-31-18-32-48-91,92-49-33-19-34-50-92)93-51-35-20-36-52-93/h13-74H,1-12H3. The van der Waals surface area contributed by atoms with E-state index < -0.39 is 16.1 Å². The zero-order chi connectivity index (χ0) is 77.3. The molecule has 0 fully saturated rings. The highest BCUT2D eigenvalue weighted by atomic mass is 28.3. The number of hydrogen-bond donors (Lipinski definition) is 0. The van der Waals surface area contributed by atoms with Gasteiger partial charge in [-0.3, -0.25) is 0 Å². The fourth-order valence-corrected chi connectivity index (χ4v) is 27.3. The van der Waals surface area contributed by atoms with Gasteiger partial charge in [0.25, 0.3) is 6.71 Å². The van der Waals surface area contributed by atoms with E-state index in [1.54, 1.807) is 0 Å². The summed E-state index contributed by atoms with van der Waals surface area (Å²) < 4.78 is 0. The summed E-state index contributed by atoms with van der Waals surface area (Å²) in [6.45, 7) is 28.0. The molecule has 0 radical (unpaired) electrons. The van der Waals surface area contributed by atoms with Crippen LogP contribution in [0.4, 0.5) is 51.2 Å². The first-order valence-electron chi connectivity index (χ1n) is 39.9. The minimum Gasteiger partial charge on any atom is -0.311 e. The van der Waals surface area contributed by atoms with Crippen LogP contribution in [0.3, 0.4) is 0 Å². The van der Waals surface area contributed by atoms with Crippen LogP contribution in [-0.2, 0) is 21.7 Å². The van der Waals surface area contributed by atoms with Gasteiger partial charge in [0.05, 0.1) is 5.69 Å². The van der Waals surface area contributed by atoms with E-state index in [0.29, 0.717) is 0 Å². The van der Waals surface area contributed by atoms with Crippen molar-refractivity contribution in [3.05, 3.63) is 398 Å². The van der Waals surface area contributed by atoms with Crippen LogP contribution in [0.25, 0.3) is 22.3 Å². The highest BCUT2D eigenvalue weighted by Gasteiger charge is 2.47. The molecule has 3 nitrogen and oxygen atoms in total. The van der Waals surface area contributed by atoms with Crippen molar-refractivity contribution in [1.29, 1.82) is 0 Å². The molecule has 2 heterocycles. The Balaban J connectivity index is 0.990. The molecule has 2 aliphatic rings. The summed E-state index contributed by atoms with van der Waals surface area (Å²) in [6.07, 6.45) is 0. The molecule has 0 N–H and O–H groups in total. The summed E-state index contributed by atoms with van der Waals surface area (Å²) in [5.41, 5.74) is 23.3. The highest BCUT2D eigenvalue weighted by Crippen LogP contribution is 2.50. The van der Waals surface area contributed by atoms with E-state index in [-0.39, 0.29) is 28.4 Å². The zero-order valence-corrected chi connectivity index (χ0v) is 68.7. The van der Waals surface area contributed by atoms with Gasteiger partial charge in [-0.25, -0.2) is 0 Å². The lowest BCUT2D eigenvalue weighted by Gasteiger charge is -2.45. The first-order chi connectivity index (χ1) is 54.1. The van der Waals surface area contributed by atoms with Gasteiger partial charge in [-0.15, -0.1) is 0 Å². The van der Waals surface area contributed by atoms with Gasteiger partial charge in [-0.1, -0.05) is 386 Å². The molecule has 0 spiro atoms. The van der Waals surface area contributed by atoms with Crippen LogP contribution in [0.5, 0.6) is 0 Å². The first-order valence-corrected chi connectivity index (χ1v) is 43.9. The predicted octanol–water partition coefficient (Wildman–Crippen LogP) is 20.5. The third kappa shape index (κ3) is 13.1. The maximum atomic E-state index is 2.65. The van der Waals surface area contributed by atoms with Crippen LogP contribution in [0.2, 0.25) is 0 Å². The van der Waals surface area contributed by atoms with Crippen LogP contribution >= 0.6 is 0 Å². The van der Waals surface area contributed by atoms with Gasteiger partial charge in [-0.2, -0.15) is 0 Å². The molecule has 0 aliphatic carbocycles. The number of para-hydroxylation sites is 2. The molecule has 0 aromatic heterocycles. The van der Waals surface area contributed by atoms with Crippen LogP contribution in [0.1, 0.15) is 105 Å². The molecule has 0 unspecified atom stereocenters. The zero-order valence-electron chi connectivity index (χ0n) is 66.7. The summed E-state index contributed by atoms with van der Waals surface area (Å²) in [7, 11) is -5.94. The van der Waals surface area contributed by atoms with E-state index >= 15 is 0 Å². The Hall–Kier alpha value is -11.8. The Bertz CT molecular complexity index is 5270. The van der Waals surface area contributed by atoms with Crippen LogP contribution in [0, 0.1) is 0 Å². The lowest BCUT2D eigenvalue weighted by molar-refractivity contribution is 0.568. The Morgan fingerprint density at radius 1 is 0.223 bits per heavy atom. The van der Waals surface area contributed by atoms with Crippen molar-refractivity contribution >= 4 is 132 Å². The lowest BCUT2D eigenvalue weighted by Crippen LogP contribution is -2.74. The molecule has 15 aromatic rings. The smallest absolute Gasteiger partial charge is 0.252 e.